The summed E-state index contributed by atoms with van der Waals surface area (Å²) < 4.78 is 1.87. The van der Waals surface area contributed by atoms with Crippen LogP contribution in [-0.2, 0) is 16.1 Å². The second-order valence-corrected chi connectivity index (χ2v) is 8.69. The highest BCUT2D eigenvalue weighted by molar-refractivity contribution is 5.91. The van der Waals surface area contributed by atoms with Crippen molar-refractivity contribution in [3.8, 4) is 0 Å². The molecule has 2 aliphatic rings. The van der Waals surface area contributed by atoms with Gasteiger partial charge in [-0.2, -0.15) is 5.10 Å². The van der Waals surface area contributed by atoms with E-state index in [2.05, 4.69) is 22.1 Å². The highest BCUT2D eigenvalue weighted by atomic mass is 16.2. The van der Waals surface area contributed by atoms with E-state index in [4.69, 9.17) is 0 Å². The average Bonchev–Trinajstić information content (AvgIpc) is 3.08. The standard InChI is InChI=1S/C25H33N5O2/c31-24(11-10-23-18-26-30(20-23)19-22-8-4-3-5-9-22)29-16-14-27(15-17-29)21-25(32)28-12-6-1-2-7-13-28/h3-5,8-11,18,20H,1-2,6-7,12-17,19,21H2/b11-10+. The maximum Gasteiger partial charge on any atom is 0.246 e. The van der Waals surface area contributed by atoms with Gasteiger partial charge in [-0.05, 0) is 24.5 Å². The van der Waals surface area contributed by atoms with Gasteiger partial charge in [-0.1, -0.05) is 43.2 Å². The lowest BCUT2D eigenvalue weighted by Crippen LogP contribution is -2.51. The van der Waals surface area contributed by atoms with Crippen molar-refractivity contribution in [3.63, 3.8) is 0 Å². The van der Waals surface area contributed by atoms with E-state index in [1.807, 2.05) is 45.0 Å². The van der Waals surface area contributed by atoms with Crippen molar-refractivity contribution in [1.29, 1.82) is 0 Å². The summed E-state index contributed by atoms with van der Waals surface area (Å²) in [5, 5.41) is 4.38. The highest BCUT2D eigenvalue weighted by Crippen LogP contribution is 2.11. The first-order chi connectivity index (χ1) is 15.7. The zero-order valence-electron chi connectivity index (χ0n) is 18.7. The fraction of sp³-hybridized carbons (Fsp3) is 0.480. The van der Waals surface area contributed by atoms with E-state index in [1.54, 1.807) is 12.3 Å². The van der Waals surface area contributed by atoms with Gasteiger partial charge in [0.1, 0.15) is 0 Å². The number of likely N-dealkylation sites (tertiary alicyclic amines) is 1. The van der Waals surface area contributed by atoms with Crippen LogP contribution in [0, 0.1) is 0 Å². The lowest BCUT2D eigenvalue weighted by Gasteiger charge is -2.34. The number of benzene rings is 1. The Morgan fingerprint density at radius 1 is 0.875 bits per heavy atom. The number of carbonyl (C=O) groups is 2. The third kappa shape index (κ3) is 6.29. The maximum absolute atomic E-state index is 12.6. The van der Waals surface area contributed by atoms with Crippen LogP contribution >= 0.6 is 0 Å². The predicted octanol–water partition coefficient (Wildman–Crippen LogP) is 2.49. The normalized spacial score (nSPS) is 18.1. The largest absolute Gasteiger partial charge is 0.342 e. The molecule has 0 N–H and O–H groups in total. The molecule has 2 aliphatic heterocycles. The summed E-state index contributed by atoms with van der Waals surface area (Å²) in [6.07, 6.45) is 11.9. The molecule has 32 heavy (non-hydrogen) atoms. The van der Waals surface area contributed by atoms with E-state index in [1.165, 1.54) is 18.4 Å². The molecule has 0 unspecified atom stereocenters. The van der Waals surface area contributed by atoms with Crippen molar-refractivity contribution in [2.24, 2.45) is 0 Å². The smallest absolute Gasteiger partial charge is 0.246 e. The lowest BCUT2D eigenvalue weighted by atomic mass is 10.2. The predicted molar refractivity (Wildman–Crippen MR) is 125 cm³/mol. The summed E-state index contributed by atoms with van der Waals surface area (Å²) >= 11 is 0. The third-order valence-corrected chi connectivity index (χ3v) is 6.26. The van der Waals surface area contributed by atoms with Crippen molar-refractivity contribution >= 4 is 17.9 Å². The van der Waals surface area contributed by atoms with E-state index in [0.29, 0.717) is 26.2 Å². The summed E-state index contributed by atoms with van der Waals surface area (Å²) in [5.74, 6) is 0.249. The Labute approximate surface area is 190 Å². The van der Waals surface area contributed by atoms with Crippen molar-refractivity contribution in [3.05, 3.63) is 59.9 Å². The molecule has 0 radical (unpaired) electrons. The van der Waals surface area contributed by atoms with Crippen LogP contribution in [0.5, 0.6) is 0 Å². The maximum atomic E-state index is 12.6. The molecule has 2 amide bonds. The van der Waals surface area contributed by atoms with E-state index < -0.39 is 0 Å². The van der Waals surface area contributed by atoms with Gasteiger partial charge < -0.3 is 9.80 Å². The zero-order chi connectivity index (χ0) is 22.2. The van der Waals surface area contributed by atoms with E-state index >= 15 is 0 Å². The molecule has 2 aromatic rings. The molecule has 2 saturated heterocycles. The third-order valence-electron chi connectivity index (χ3n) is 6.26. The van der Waals surface area contributed by atoms with Crippen molar-refractivity contribution in [1.82, 2.24) is 24.5 Å². The number of amides is 2. The molecule has 0 spiro atoms. The molecule has 7 nitrogen and oxygen atoms in total. The van der Waals surface area contributed by atoms with Crippen LogP contribution < -0.4 is 0 Å². The number of aromatic nitrogens is 2. The monoisotopic (exact) mass is 435 g/mol. The van der Waals surface area contributed by atoms with Gasteiger partial charge >= 0.3 is 0 Å². The summed E-state index contributed by atoms with van der Waals surface area (Å²) in [6.45, 7) is 5.77. The fourth-order valence-electron chi connectivity index (χ4n) is 4.33. The Morgan fingerprint density at radius 2 is 1.59 bits per heavy atom. The van der Waals surface area contributed by atoms with Gasteiger partial charge in [0.2, 0.25) is 11.8 Å². The molecule has 7 heteroatoms. The van der Waals surface area contributed by atoms with Crippen molar-refractivity contribution < 1.29 is 9.59 Å². The van der Waals surface area contributed by atoms with Gasteiger partial charge in [0.15, 0.2) is 0 Å². The Hall–Kier alpha value is -2.93. The molecular weight excluding hydrogens is 402 g/mol. The number of hydrogen-bond acceptors (Lipinski definition) is 4. The second-order valence-electron chi connectivity index (χ2n) is 8.69. The van der Waals surface area contributed by atoms with Crippen LogP contribution in [0.3, 0.4) is 0 Å². The lowest BCUT2D eigenvalue weighted by molar-refractivity contribution is -0.133. The van der Waals surface area contributed by atoms with Gasteiger partial charge in [-0.3, -0.25) is 19.2 Å². The summed E-state index contributed by atoms with van der Waals surface area (Å²) in [6, 6.07) is 10.2. The highest BCUT2D eigenvalue weighted by Gasteiger charge is 2.23. The molecule has 0 atom stereocenters. The minimum absolute atomic E-state index is 0.0132. The molecule has 1 aromatic heterocycles. The summed E-state index contributed by atoms with van der Waals surface area (Å²) in [5.41, 5.74) is 2.10. The van der Waals surface area contributed by atoms with E-state index in [9.17, 15) is 9.59 Å². The topological polar surface area (TPSA) is 61.7 Å². The summed E-state index contributed by atoms with van der Waals surface area (Å²) in [7, 11) is 0. The molecule has 2 fully saturated rings. The van der Waals surface area contributed by atoms with Crippen molar-refractivity contribution in [2.75, 3.05) is 45.8 Å². The van der Waals surface area contributed by atoms with Gasteiger partial charge in [0, 0.05) is 57.1 Å². The zero-order valence-corrected chi connectivity index (χ0v) is 18.7. The first kappa shape index (κ1) is 22.3. The van der Waals surface area contributed by atoms with E-state index in [0.717, 1.165) is 44.6 Å². The van der Waals surface area contributed by atoms with Crippen LogP contribution in [0.1, 0.15) is 36.8 Å². The van der Waals surface area contributed by atoms with Crippen LogP contribution in [0.15, 0.2) is 48.8 Å². The Kier molecular flexibility index (Phi) is 7.72. The summed E-state index contributed by atoms with van der Waals surface area (Å²) in [4.78, 5) is 31.3. The van der Waals surface area contributed by atoms with Crippen LogP contribution in [0.2, 0.25) is 0 Å². The van der Waals surface area contributed by atoms with Crippen LogP contribution in [-0.4, -0.2) is 82.1 Å². The first-order valence-electron chi connectivity index (χ1n) is 11.7. The number of hydrogen-bond donors (Lipinski definition) is 0. The minimum atomic E-state index is 0.0132. The molecule has 0 bridgehead atoms. The Bertz CT molecular complexity index is 907. The molecular formula is C25H33N5O2. The molecule has 4 rings (SSSR count). The second kappa shape index (κ2) is 11.1. The Balaban J connectivity index is 1.21. The number of piperazine rings is 1. The fourth-order valence-corrected chi connectivity index (χ4v) is 4.33. The Morgan fingerprint density at radius 3 is 2.31 bits per heavy atom. The van der Waals surface area contributed by atoms with Gasteiger partial charge in [-0.15, -0.1) is 0 Å². The van der Waals surface area contributed by atoms with Crippen molar-refractivity contribution in [2.45, 2.75) is 32.2 Å². The first-order valence-corrected chi connectivity index (χ1v) is 11.7. The van der Waals surface area contributed by atoms with Crippen LogP contribution in [0.4, 0.5) is 0 Å². The molecule has 3 heterocycles. The van der Waals surface area contributed by atoms with Gasteiger partial charge in [-0.25, -0.2) is 0 Å². The molecule has 1 aromatic carbocycles. The number of carbonyl (C=O) groups excluding carboxylic acids is 2. The molecule has 0 aliphatic carbocycles. The SMILES string of the molecule is O=C(/C=C/c1cnn(Cc2ccccc2)c1)N1CCN(CC(=O)N2CCCCCC2)CC1. The molecule has 0 saturated carbocycles. The number of nitrogens with zero attached hydrogens (tertiary/aromatic N) is 5. The van der Waals surface area contributed by atoms with Crippen LogP contribution in [0.25, 0.3) is 6.08 Å². The van der Waals surface area contributed by atoms with Gasteiger partial charge in [0.05, 0.1) is 19.3 Å². The van der Waals surface area contributed by atoms with Gasteiger partial charge in [0.25, 0.3) is 0 Å². The number of rotatable bonds is 6. The quantitative estimate of drug-likeness (QED) is 0.654. The molecule has 170 valence electrons. The van der Waals surface area contributed by atoms with E-state index in [-0.39, 0.29) is 11.8 Å². The minimum Gasteiger partial charge on any atom is -0.342 e. The average molecular weight is 436 g/mol.